The maximum absolute atomic E-state index is 11.6. The van der Waals surface area contributed by atoms with Gasteiger partial charge in [0.2, 0.25) is 0 Å². The molecule has 4 heteroatoms. The lowest BCUT2D eigenvalue weighted by atomic mass is 10.1. The highest BCUT2D eigenvalue weighted by Gasteiger charge is 2.02. The highest BCUT2D eigenvalue weighted by molar-refractivity contribution is 5.92. The fourth-order valence-electron chi connectivity index (χ4n) is 1.94. The smallest absolute Gasteiger partial charge is 0.335 e. The molecule has 0 aliphatic heterocycles. The average Bonchev–Trinajstić information content (AvgIpc) is 2.60. The van der Waals surface area contributed by atoms with Gasteiger partial charge in [0.25, 0.3) is 0 Å². The number of unbranched alkanes of at least 4 members (excludes halogenated alkanes) is 2. The summed E-state index contributed by atoms with van der Waals surface area (Å²) in [6.07, 6.45) is 13.1. The third kappa shape index (κ3) is 11.7. The van der Waals surface area contributed by atoms with Crippen molar-refractivity contribution in [3.63, 3.8) is 0 Å². The third-order valence-corrected chi connectivity index (χ3v) is 3.65. The number of carbonyl (C=O) groups is 2. The molecule has 0 radical (unpaired) electrons. The fourth-order valence-corrected chi connectivity index (χ4v) is 1.94. The van der Waals surface area contributed by atoms with Crippen LogP contribution in [0.1, 0.15) is 79.1 Å². The topological polar surface area (TPSA) is 52.6 Å². The summed E-state index contributed by atoms with van der Waals surface area (Å²) in [5, 5.41) is 0. The molecular formula is C20H32O4. The van der Waals surface area contributed by atoms with Gasteiger partial charge in [-0.25, -0.2) is 9.59 Å². The van der Waals surface area contributed by atoms with Gasteiger partial charge in [0.05, 0.1) is 12.5 Å². The zero-order valence-electron chi connectivity index (χ0n) is 15.6. The molecule has 4 nitrogen and oxygen atoms in total. The molecule has 0 aliphatic rings. The Balaban J connectivity index is 4.35. The second kappa shape index (κ2) is 14.7. The number of allylic oxidation sites excluding steroid dienone is 2. The van der Waals surface area contributed by atoms with Crippen molar-refractivity contribution >= 4 is 11.9 Å². The summed E-state index contributed by atoms with van der Waals surface area (Å²) in [5.74, 6) is -1.14. The van der Waals surface area contributed by atoms with E-state index in [9.17, 15) is 9.59 Å². The first-order chi connectivity index (χ1) is 11.6. The molecule has 0 fully saturated rings. The van der Waals surface area contributed by atoms with E-state index in [-0.39, 0.29) is 0 Å². The minimum atomic E-state index is -0.569. The Morgan fingerprint density at radius 2 is 1.08 bits per heavy atom. The molecule has 0 aromatic heterocycles. The minimum absolute atomic E-state index is 0.569. The largest absolute Gasteiger partial charge is 0.431 e. The summed E-state index contributed by atoms with van der Waals surface area (Å²) in [5.41, 5.74) is 2.18. The number of esters is 2. The zero-order valence-corrected chi connectivity index (χ0v) is 15.6. The van der Waals surface area contributed by atoms with E-state index in [0.29, 0.717) is 0 Å². The van der Waals surface area contributed by atoms with Gasteiger partial charge >= 0.3 is 11.9 Å². The monoisotopic (exact) mass is 336 g/mol. The van der Waals surface area contributed by atoms with E-state index in [2.05, 4.69) is 13.8 Å². The Labute approximate surface area is 146 Å². The molecule has 0 aromatic carbocycles. The van der Waals surface area contributed by atoms with Crippen LogP contribution in [0.5, 0.6) is 0 Å². The number of carbonyl (C=O) groups excluding carboxylic acids is 2. The van der Waals surface area contributed by atoms with Crippen LogP contribution in [0.2, 0.25) is 0 Å². The van der Waals surface area contributed by atoms with Crippen LogP contribution in [0.4, 0.5) is 0 Å². The third-order valence-electron chi connectivity index (χ3n) is 3.65. The van der Waals surface area contributed by atoms with E-state index in [4.69, 9.17) is 9.47 Å². The van der Waals surface area contributed by atoms with Crippen molar-refractivity contribution in [3.8, 4) is 0 Å². The maximum Gasteiger partial charge on any atom is 0.335 e. The zero-order chi connectivity index (χ0) is 18.2. The summed E-state index contributed by atoms with van der Waals surface area (Å²) in [7, 11) is 0. The van der Waals surface area contributed by atoms with Crippen molar-refractivity contribution in [2.45, 2.75) is 79.1 Å². The van der Waals surface area contributed by atoms with Gasteiger partial charge in [0, 0.05) is 12.2 Å². The highest BCUT2D eigenvalue weighted by atomic mass is 16.5. The van der Waals surface area contributed by atoms with Crippen molar-refractivity contribution < 1.29 is 19.1 Å². The first-order valence-electron chi connectivity index (χ1n) is 9.02. The van der Waals surface area contributed by atoms with E-state index in [1.165, 1.54) is 12.5 Å². The summed E-state index contributed by atoms with van der Waals surface area (Å²) in [6, 6.07) is 0. The Morgan fingerprint density at radius 3 is 1.38 bits per heavy atom. The lowest BCUT2D eigenvalue weighted by Crippen LogP contribution is -2.00. The number of ether oxygens (including phenoxy) is 2. The van der Waals surface area contributed by atoms with Gasteiger partial charge < -0.3 is 9.47 Å². The van der Waals surface area contributed by atoms with Crippen LogP contribution >= 0.6 is 0 Å². The van der Waals surface area contributed by atoms with E-state index >= 15 is 0 Å². The van der Waals surface area contributed by atoms with Gasteiger partial charge in [-0.05, 0) is 49.7 Å². The second-order valence-corrected chi connectivity index (χ2v) is 5.67. The predicted octanol–water partition coefficient (Wildman–Crippen LogP) is 5.60. The van der Waals surface area contributed by atoms with Crippen molar-refractivity contribution in [3.05, 3.63) is 35.8 Å². The van der Waals surface area contributed by atoms with Crippen LogP contribution in [-0.2, 0) is 19.1 Å². The van der Waals surface area contributed by atoms with Crippen LogP contribution in [-0.4, -0.2) is 11.9 Å². The number of hydrogen-bond acceptors (Lipinski definition) is 4. The van der Waals surface area contributed by atoms with E-state index in [1.54, 1.807) is 0 Å². The summed E-state index contributed by atoms with van der Waals surface area (Å²) in [4.78, 5) is 23.2. The molecule has 0 rings (SSSR count). The summed E-state index contributed by atoms with van der Waals surface area (Å²) in [6.45, 7) is 8.29. The molecule has 0 saturated heterocycles. The molecule has 0 heterocycles. The number of hydrogen-bond donors (Lipinski definition) is 0. The number of rotatable bonds is 12. The fraction of sp³-hybridized carbons (Fsp3) is 0.600. The van der Waals surface area contributed by atoms with Gasteiger partial charge in [-0.15, -0.1) is 0 Å². The Kier molecular flexibility index (Phi) is 13.6. The normalized spacial score (nSPS) is 12.5. The van der Waals surface area contributed by atoms with Crippen LogP contribution in [0.15, 0.2) is 35.8 Å². The summed E-state index contributed by atoms with van der Waals surface area (Å²) < 4.78 is 10.1. The molecule has 0 aromatic rings. The maximum atomic E-state index is 11.6. The standard InChI is InChI=1S/C20H32O4/c1-5-9-11-17(7-3)15-23-19(21)13-14-20(22)24-16-18(8-4)12-10-6-2/h13-16H,5-12H2,1-4H3/b14-13-,17-15?,18-16?. The molecule has 0 amide bonds. The van der Waals surface area contributed by atoms with Crippen LogP contribution in [0.25, 0.3) is 0 Å². The molecule has 0 N–H and O–H groups in total. The van der Waals surface area contributed by atoms with Crippen molar-refractivity contribution in [2.75, 3.05) is 0 Å². The van der Waals surface area contributed by atoms with E-state index < -0.39 is 11.9 Å². The van der Waals surface area contributed by atoms with Crippen molar-refractivity contribution in [1.29, 1.82) is 0 Å². The predicted molar refractivity (Wildman–Crippen MR) is 97.1 cm³/mol. The molecule has 0 spiro atoms. The van der Waals surface area contributed by atoms with Crippen LogP contribution in [0.3, 0.4) is 0 Å². The minimum Gasteiger partial charge on any atom is -0.431 e. The first kappa shape index (κ1) is 22.2. The highest BCUT2D eigenvalue weighted by Crippen LogP contribution is 2.12. The molecule has 24 heavy (non-hydrogen) atoms. The molecule has 0 bridgehead atoms. The molecule has 136 valence electrons. The van der Waals surface area contributed by atoms with Crippen LogP contribution < -0.4 is 0 Å². The summed E-state index contributed by atoms with van der Waals surface area (Å²) >= 11 is 0. The van der Waals surface area contributed by atoms with Gasteiger partial charge in [0.15, 0.2) is 0 Å². The van der Waals surface area contributed by atoms with Crippen LogP contribution in [0, 0.1) is 0 Å². The second-order valence-electron chi connectivity index (χ2n) is 5.67. The van der Waals surface area contributed by atoms with E-state index in [0.717, 1.165) is 74.7 Å². The molecule has 0 atom stereocenters. The van der Waals surface area contributed by atoms with Crippen molar-refractivity contribution in [2.24, 2.45) is 0 Å². The van der Waals surface area contributed by atoms with Gasteiger partial charge in [0.1, 0.15) is 0 Å². The molecule has 0 saturated carbocycles. The SMILES string of the molecule is CCCCC(=COC(=O)/C=C\C(=O)OC=C(CC)CCCC)CC. The lowest BCUT2D eigenvalue weighted by Gasteiger charge is -2.03. The molecular weight excluding hydrogens is 304 g/mol. The lowest BCUT2D eigenvalue weighted by molar-refractivity contribution is -0.135. The Hall–Kier alpha value is -1.84. The van der Waals surface area contributed by atoms with Gasteiger partial charge in [-0.1, -0.05) is 40.5 Å². The molecule has 0 unspecified atom stereocenters. The van der Waals surface area contributed by atoms with E-state index in [1.807, 2.05) is 13.8 Å². The quantitative estimate of drug-likeness (QED) is 0.264. The first-order valence-corrected chi connectivity index (χ1v) is 9.02. The average molecular weight is 336 g/mol. The Bertz CT molecular complexity index is 416. The van der Waals surface area contributed by atoms with Gasteiger partial charge in [-0.3, -0.25) is 0 Å². The Morgan fingerprint density at radius 1 is 0.708 bits per heavy atom. The molecule has 0 aliphatic carbocycles. The van der Waals surface area contributed by atoms with Crippen molar-refractivity contribution in [1.82, 2.24) is 0 Å². The van der Waals surface area contributed by atoms with Gasteiger partial charge in [-0.2, -0.15) is 0 Å².